The third kappa shape index (κ3) is 3.64. The first kappa shape index (κ1) is 17.3. The summed E-state index contributed by atoms with van der Waals surface area (Å²) in [7, 11) is 1.69. The molecule has 1 aromatic heterocycles. The monoisotopic (exact) mass is 318 g/mol. The molecule has 1 heterocycles. The summed E-state index contributed by atoms with van der Waals surface area (Å²) in [6.07, 6.45) is 0. The molecule has 2 N–H and O–H groups in total. The summed E-state index contributed by atoms with van der Waals surface area (Å²) >= 11 is 0. The van der Waals surface area contributed by atoms with Crippen molar-refractivity contribution in [2.75, 3.05) is 20.1 Å². The van der Waals surface area contributed by atoms with Crippen LogP contribution in [0.25, 0.3) is 11.0 Å². The number of amides is 1. The van der Waals surface area contributed by atoms with Crippen molar-refractivity contribution in [2.45, 2.75) is 27.7 Å². The highest BCUT2D eigenvalue weighted by molar-refractivity contribution is 6.04. The Balaban J connectivity index is 2.50. The summed E-state index contributed by atoms with van der Waals surface area (Å²) < 4.78 is 13.9. The quantitative estimate of drug-likeness (QED) is 0.940. The van der Waals surface area contributed by atoms with Crippen LogP contribution in [0.5, 0.6) is 0 Å². The molecule has 0 aliphatic heterocycles. The molecule has 0 saturated heterocycles. The summed E-state index contributed by atoms with van der Waals surface area (Å²) in [5, 5.41) is 0. The Labute approximate surface area is 135 Å². The summed E-state index contributed by atoms with van der Waals surface area (Å²) in [6, 6.07) is 2.52. The lowest BCUT2D eigenvalue weighted by Gasteiger charge is -2.29. The van der Waals surface area contributed by atoms with Crippen LogP contribution in [-0.2, 0) is 0 Å². The van der Waals surface area contributed by atoms with E-state index in [1.54, 1.807) is 11.9 Å². The van der Waals surface area contributed by atoms with Crippen molar-refractivity contribution in [1.29, 1.82) is 0 Å². The highest BCUT2D eigenvalue weighted by Crippen LogP contribution is 2.22. The minimum atomic E-state index is -0.495. The van der Waals surface area contributed by atoms with Gasteiger partial charge in [-0.2, -0.15) is 0 Å². The highest BCUT2D eigenvalue weighted by atomic mass is 19.1. The number of benzene rings is 1. The second kappa shape index (κ2) is 6.20. The van der Waals surface area contributed by atoms with E-state index in [1.165, 1.54) is 12.1 Å². The van der Waals surface area contributed by atoms with Gasteiger partial charge in [-0.05, 0) is 31.9 Å². The fraction of sp³-hybridized carbons (Fsp3) is 0.471. The van der Waals surface area contributed by atoms with Crippen molar-refractivity contribution < 1.29 is 9.18 Å². The second-order valence-electron chi connectivity index (χ2n) is 6.75. The van der Waals surface area contributed by atoms with Gasteiger partial charge in [0.25, 0.3) is 5.91 Å². The first-order chi connectivity index (χ1) is 10.6. The second-order valence-corrected chi connectivity index (χ2v) is 6.75. The van der Waals surface area contributed by atoms with Gasteiger partial charge in [-0.1, -0.05) is 13.8 Å². The summed E-state index contributed by atoms with van der Waals surface area (Å²) in [5.74, 6) is -0.779. The summed E-state index contributed by atoms with van der Waals surface area (Å²) in [4.78, 5) is 23.1. The molecule has 0 spiro atoms. The molecular formula is C17H23FN4O. The lowest BCUT2D eigenvalue weighted by molar-refractivity contribution is 0.0742. The average molecular weight is 318 g/mol. The third-order valence-electron chi connectivity index (χ3n) is 3.94. The molecule has 0 unspecified atom stereocenters. The van der Waals surface area contributed by atoms with E-state index in [-0.39, 0.29) is 16.9 Å². The number of nitrogens with zero attached hydrogens (tertiary/aromatic N) is 3. The molecule has 5 nitrogen and oxygen atoms in total. The molecule has 23 heavy (non-hydrogen) atoms. The van der Waals surface area contributed by atoms with E-state index in [2.05, 4.69) is 9.97 Å². The van der Waals surface area contributed by atoms with Crippen molar-refractivity contribution >= 4 is 16.9 Å². The molecular weight excluding hydrogens is 295 g/mol. The van der Waals surface area contributed by atoms with Gasteiger partial charge in [-0.15, -0.1) is 0 Å². The molecule has 1 aromatic carbocycles. The van der Waals surface area contributed by atoms with Crippen molar-refractivity contribution in [3.05, 3.63) is 34.9 Å². The number of rotatable bonds is 4. The highest BCUT2D eigenvalue weighted by Gasteiger charge is 2.24. The molecule has 0 bridgehead atoms. The zero-order chi connectivity index (χ0) is 17.4. The maximum absolute atomic E-state index is 13.9. The van der Waals surface area contributed by atoms with E-state index in [1.807, 2.05) is 27.7 Å². The molecule has 2 aromatic rings. The summed E-state index contributed by atoms with van der Waals surface area (Å²) in [6.45, 7) is 8.51. The van der Waals surface area contributed by atoms with Crippen LogP contribution in [0.3, 0.4) is 0 Å². The molecule has 0 saturated carbocycles. The maximum atomic E-state index is 13.9. The van der Waals surface area contributed by atoms with E-state index in [0.29, 0.717) is 24.1 Å². The fourth-order valence-corrected chi connectivity index (χ4v) is 2.44. The van der Waals surface area contributed by atoms with Crippen LogP contribution in [0.2, 0.25) is 0 Å². The smallest absolute Gasteiger partial charge is 0.255 e. The first-order valence-corrected chi connectivity index (χ1v) is 7.54. The van der Waals surface area contributed by atoms with Gasteiger partial charge in [0, 0.05) is 19.7 Å². The first-order valence-electron chi connectivity index (χ1n) is 7.54. The van der Waals surface area contributed by atoms with Crippen LogP contribution in [0.15, 0.2) is 12.1 Å². The van der Waals surface area contributed by atoms with E-state index in [9.17, 15) is 9.18 Å². The zero-order valence-corrected chi connectivity index (χ0v) is 14.3. The van der Waals surface area contributed by atoms with Gasteiger partial charge < -0.3 is 10.6 Å². The number of carbonyl (C=O) groups excluding carboxylic acids is 1. The van der Waals surface area contributed by atoms with Gasteiger partial charge in [0.05, 0.1) is 22.5 Å². The Kier molecular flexibility index (Phi) is 4.66. The lowest BCUT2D eigenvalue weighted by atomic mass is 9.93. The minimum Gasteiger partial charge on any atom is -0.341 e. The van der Waals surface area contributed by atoms with Crippen LogP contribution in [0, 0.1) is 25.1 Å². The van der Waals surface area contributed by atoms with Gasteiger partial charge in [-0.25, -0.2) is 14.4 Å². The Morgan fingerprint density at radius 2 is 1.87 bits per heavy atom. The molecule has 0 aliphatic rings. The van der Waals surface area contributed by atoms with Crippen molar-refractivity contribution in [3.8, 4) is 0 Å². The molecule has 0 aliphatic carbocycles. The number of aromatic nitrogens is 2. The number of fused-ring (bicyclic) bond motifs is 1. The topological polar surface area (TPSA) is 72.1 Å². The number of carbonyl (C=O) groups is 1. The zero-order valence-electron chi connectivity index (χ0n) is 14.3. The van der Waals surface area contributed by atoms with Gasteiger partial charge >= 0.3 is 0 Å². The number of aryl methyl sites for hydroxylation is 2. The Hall–Kier alpha value is -2.08. The number of hydrogen-bond acceptors (Lipinski definition) is 4. The van der Waals surface area contributed by atoms with Crippen LogP contribution < -0.4 is 5.73 Å². The van der Waals surface area contributed by atoms with Crippen LogP contribution >= 0.6 is 0 Å². The predicted octanol–water partition coefficient (Wildman–Crippen LogP) is 2.44. The number of nitrogens with two attached hydrogens (primary N) is 1. The molecule has 124 valence electrons. The molecule has 0 fully saturated rings. The van der Waals surface area contributed by atoms with Gasteiger partial charge in [-0.3, -0.25) is 4.79 Å². The normalized spacial score (nSPS) is 11.8. The molecule has 0 atom stereocenters. The minimum absolute atomic E-state index is 0.217. The number of halogens is 1. The number of hydrogen-bond donors (Lipinski definition) is 1. The van der Waals surface area contributed by atoms with Gasteiger partial charge in [0.1, 0.15) is 11.3 Å². The van der Waals surface area contributed by atoms with E-state index in [4.69, 9.17) is 5.73 Å². The lowest BCUT2D eigenvalue weighted by Crippen LogP contribution is -2.39. The fourth-order valence-electron chi connectivity index (χ4n) is 2.44. The van der Waals surface area contributed by atoms with E-state index in [0.717, 1.165) is 11.4 Å². The van der Waals surface area contributed by atoms with Gasteiger partial charge in [0.2, 0.25) is 0 Å². The van der Waals surface area contributed by atoms with Crippen molar-refractivity contribution in [1.82, 2.24) is 14.9 Å². The van der Waals surface area contributed by atoms with Crippen molar-refractivity contribution in [3.63, 3.8) is 0 Å². The SMILES string of the molecule is Cc1nc2cc(F)cc(C(=O)N(C)CC(C)(C)CN)c2nc1C. The predicted molar refractivity (Wildman–Crippen MR) is 88.8 cm³/mol. The standard InChI is InChI=1S/C17H23FN4O/c1-10-11(2)21-15-13(6-12(18)7-14(15)20-10)16(23)22(5)9-17(3,4)8-19/h6-7H,8-9,19H2,1-5H3. The van der Waals surface area contributed by atoms with Crippen LogP contribution in [0.4, 0.5) is 4.39 Å². The molecule has 0 radical (unpaired) electrons. The Morgan fingerprint density at radius 1 is 1.26 bits per heavy atom. The maximum Gasteiger partial charge on any atom is 0.255 e. The van der Waals surface area contributed by atoms with Crippen LogP contribution in [0.1, 0.15) is 35.6 Å². The Bertz CT molecular complexity index is 758. The van der Waals surface area contributed by atoms with Gasteiger partial charge in [0.15, 0.2) is 0 Å². The molecule has 1 amide bonds. The molecule has 6 heteroatoms. The third-order valence-corrected chi connectivity index (χ3v) is 3.94. The Morgan fingerprint density at radius 3 is 2.48 bits per heavy atom. The van der Waals surface area contributed by atoms with Crippen LogP contribution in [-0.4, -0.2) is 40.9 Å². The van der Waals surface area contributed by atoms with E-state index < -0.39 is 5.82 Å². The summed E-state index contributed by atoms with van der Waals surface area (Å²) in [5.41, 5.74) is 8.00. The largest absolute Gasteiger partial charge is 0.341 e. The van der Waals surface area contributed by atoms with E-state index >= 15 is 0 Å². The molecule has 2 rings (SSSR count). The average Bonchev–Trinajstić information content (AvgIpc) is 2.47. The van der Waals surface area contributed by atoms with Crippen molar-refractivity contribution in [2.24, 2.45) is 11.1 Å².